The minimum atomic E-state index is 0.587. The van der Waals surface area contributed by atoms with E-state index < -0.39 is 0 Å². The first kappa shape index (κ1) is 18.5. The molecule has 3 aromatic rings. The molecule has 1 saturated heterocycles. The molecule has 2 N–H and O–H groups in total. The predicted molar refractivity (Wildman–Crippen MR) is 115 cm³/mol. The third kappa shape index (κ3) is 3.73. The Morgan fingerprint density at radius 3 is 2.75 bits per heavy atom. The lowest BCUT2D eigenvalue weighted by Crippen LogP contribution is -2.33. The van der Waals surface area contributed by atoms with E-state index in [1.807, 2.05) is 24.4 Å². The number of aliphatic imine (C=N–C) groups is 1. The average Bonchev–Trinajstić information content (AvgIpc) is 2.74. The molecule has 2 aromatic heterocycles. The van der Waals surface area contributed by atoms with Crippen LogP contribution in [0, 0.1) is 5.92 Å². The summed E-state index contributed by atoms with van der Waals surface area (Å²) in [5.41, 5.74) is 11.0. The molecule has 0 unspecified atom stereocenters. The van der Waals surface area contributed by atoms with Crippen molar-refractivity contribution in [1.82, 2.24) is 15.0 Å². The van der Waals surface area contributed by atoms with Crippen molar-refractivity contribution in [2.75, 3.05) is 24.5 Å². The van der Waals surface area contributed by atoms with Gasteiger partial charge in [0, 0.05) is 18.7 Å². The van der Waals surface area contributed by atoms with Gasteiger partial charge in [0.25, 0.3) is 0 Å². The molecule has 1 aliphatic rings. The second-order valence-corrected chi connectivity index (χ2v) is 7.48. The molecule has 0 amide bonds. The highest BCUT2D eigenvalue weighted by Gasteiger charge is 2.18. The maximum Gasteiger partial charge on any atom is 0.180 e. The number of nitrogens with zero attached hydrogens (tertiary/aromatic N) is 5. The first-order chi connectivity index (χ1) is 13.7. The molecule has 0 radical (unpaired) electrons. The van der Waals surface area contributed by atoms with E-state index in [0.717, 1.165) is 59.3 Å². The zero-order valence-electron chi connectivity index (χ0n) is 16.3. The van der Waals surface area contributed by atoms with Crippen molar-refractivity contribution >= 4 is 29.4 Å². The van der Waals surface area contributed by atoms with Gasteiger partial charge in [-0.05, 0) is 62.2 Å². The van der Waals surface area contributed by atoms with Crippen molar-refractivity contribution in [3.05, 3.63) is 42.1 Å². The largest absolute Gasteiger partial charge is 0.355 e. The minimum absolute atomic E-state index is 0.587. The fourth-order valence-electron chi connectivity index (χ4n) is 3.68. The second-order valence-electron chi connectivity index (χ2n) is 7.48. The summed E-state index contributed by atoms with van der Waals surface area (Å²) >= 11 is 0. The highest BCUT2D eigenvalue weighted by molar-refractivity contribution is 5.77. The molecule has 4 rings (SSSR count). The zero-order chi connectivity index (χ0) is 19.5. The van der Waals surface area contributed by atoms with E-state index in [2.05, 4.69) is 40.7 Å². The molecule has 144 valence electrons. The summed E-state index contributed by atoms with van der Waals surface area (Å²) in [5, 5.41) is 0. The second kappa shape index (κ2) is 8.02. The van der Waals surface area contributed by atoms with Gasteiger partial charge in [-0.3, -0.25) is 4.99 Å². The van der Waals surface area contributed by atoms with E-state index in [9.17, 15) is 0 Å². The van der Waals surface area contributed by atoms with Gasteiger partial charge in [0.2, 0.25) is 0 Å². The van der Waals surface area contributed by atoms with Gasteiger partial charge >= 0.3 is 0 Å². The summed E-state index contributed by atoms with van der Waals surface area (Å²) in [6.45, 7) is 8.63. The SMILES string of the molecule is C=Nc1cc(-c2ccc3ncc(N4CCC(C)CC4)nc3n2)ccc1CCN. The van der Waals surface area contributed by atoms with Gasteiger partial charge in [-0.1, -0.05) is 19.1 Å². The van der Waals surface area contributed by atoms with E-state index in [0.29, 0.717) is 12.2 Å². The number of pyridine rings is 1. The van der Waals surface area contributed by atoms with Crippen LogP contribution in [0.1, 0.15) is 25.3 Å². The van der Waals surface area contributed by atoms with Gasteiger partial charge in [0.15, 0.2) is 5.65 Å². The summed E-state index contributed by atoms with van der Waals surface area (Å²) in [7, 11) is 0. The molecule has 1 fully saturated rings. The van der Waals surface area contributed by atoms with E-state index in [1.165, 1.54) is 12.8 Å². The molecule has 0 atom stereocenters. The van der Waals surface area contributed by atoms with Gasteiger partial charge < -0.3 is 10.6 Å². The number of aromatic nitrogens is 3. The van der Waals surface area contributed by atoms with Crippen molar-refractivity contribution in [3.8, 4) is 11.3 Å². The Balaban J connectivity index is 1.68. The van der Waals surface area contributed by atoms with Crippen LogP contribution >= 0.6 is 0 Å². The third-order valence-corrected chi connectivity index (χ3v) is 5.47. The van der Waals surface area contributed by atoms with Gasteiger partial charge in [-0.25, -0.2) is 15.0 Å². The van der Waals surface area contributed by atoms with E-state index in [4.69, 9.17) is 15.7 Å². The first-order valence-corrected chi connectivity index (χ1v) is 9.87. The maximum atomic E-state index is 5.69. The number of rotatable bonds is 5. The van der Waals surface area contributed by atoms with Gasteiger partial charge in [0.05, 0.1) is 17.6 Å². The Kier molecular flexibility index (Phi) is 5.30. The quantitative estimate of drug-likeness (QED) is 0.688. The standard InChI is InChI=1S/C22H26N6/c1-15-8-11-28(12-9-15)21-14-25-19-6-5-18(26-22(19)27-21)17-4-3-16(7-10-23)20(13-17)24-2/h3-6,13-15H,2,7-12,23H2,1H3. The number of hydrogen-bond acceptors (Lipinski definition) is 6. The molecule has 1 aromatic carbocycles. The molecule has 0 aliphatic carbocycles. The summed E-state index contributed by atoms with van der Waals surface area (Å²) in [6.07, 6.45) is 5.03. The normalized spacial score (nSPS) is 15.1. The topological polar surface area (TPSA) is 80.3 Å². The third-order valence-electron chi connectivity index (χ3n) is 5.47. The highest BCUT2D eigenvalue weighted by Crippen LogP contribution is 2.28. The molecule has 0 bridgehead atoms. The summed E-state index contributed by atoms with van der Waals surface area (Å²) in [5.74, 6) is 1.69. The lowest BCUT2D eigenvalue weighted by atomic mass is 9.99. The van der Waals surface area contributed by atoms with Crippen LogP contribution in [0.25, 0.3) is 22.4 Å². The molecule has 28 heavy (non-hydrogen) atoms. The Morgan fingerprint density at radius 1 is 1.18 bits per heavy atom. The number of hydrogen-bond donors (Lipinski definition) is 1. The van der Waals surface area contributed by atoms with E-state index >= 15 is 0 Å². The van der Waals surface area contributed by atoms with Crippen LogP contribution in [0.4, 0.5) is 11.5 Å². The smallest absolute Gasteiger partial charge is 0.180 e. The van der Waals surface area contributed by atoms with Crippen LogP contribution in [0.5, 0.6) is 0 Å². The maximum absolute atomic E-state index is 5.69. The van der Waals surface area contributed by atoms with Gasteiger partial charge in [0.1, 0.15) is 11.3 Å². The molecular formula is C22H26N6. The lowest BCUT2D eigenvalue weighted by molar-refractivity contribution is 0.436. The Hall–Kier alpha value is -2.86. The highest BCUT2D eigenvalue weighted by atomic mass is 15.2. The van der Waals surface area contributed by atoms with Gasteiger partial charge in [-0.15, -0.1) is 0 Å². The van der Waals surface area contributed by atoms with Crippen molar-refractivity contribution in [3.63, 3.8) is 0 Å². The summed E-state index contributed by atoms with van der Waals surface area (Å²) in [4.78, 5) is 20.6. The van der Waals surface area contributed by atoms with E-state index in [1.54, 1.807) is 0 Å². The van der Waals surface area contributed by atoms with Crippen molar-refractivity contribution in [1.29, 1.82) is 0 Å². The molecule has 0 spiro atoms. The molecule has 6 heteroatoms. The van der Waals surface area contributed by atoms with E-state index in [-0.39, 0.29) is 0 Å². The number of nitrogens with two attached hydrogens (primary N) is 1. The monoisotopic (exact) mass is 374 g/mol. The van der Waals surface area contributed by atoms with Crippen LogP contribution < -0.4 is 10.6 Å². The van der Waals surface area contributed by atoms with Crippen molar-refractivity contribution in [2.24, 2.45) is 16.6 Å². The van der Waals surface area contributed by atoms with Crippen LogP contribution in [0.2, 0.25) is 0 Å². The minimum Gasteiger partial charge on any atom is -0.355 e. The molecule has 0 saturated carbocycles. The Morgan fingerprint density at radius 2 is 2.00 bits per heavy atom. The van der Waals surface area contributed by atoms with Gasteiger partial charge in [-0.2, -0.15) is 0 Å². The number of anilines is 1. The lowest BCUT2D eigenvalue weighted by Gasteiger charge is -2.30. The van der Waals surface area contributed by atoms with Crippen LogP contribution in [0.15, 0.2) is 41.5 Å². The molecule has 3 heterocycles. The molecular weight excluding hydrogens is 348 g/mol. The summed E-state index contributed by atoms with van der Waals surface area (Å²) < 4.78 is 0. The molecule has 6 nitrogen and oxygen atoms in total. The zero-order valence-corrected chi connectivity index (χ0v) is 16.3. The first-order valence-electron chi connectivity index (χ1n) is 9.87. The Bertz CT molecular complexity index is 991. The Labute approximate surface area is 165 Å². The van der Waals surface area contributed by atoms with Crippen LogP contribution in [-0.2, 0) is 6.42 Å². The van der Waals surface area contributed by atoms with Crippen molar-refractivity contribution < 1.29 is 0 Å². The van der Waals surface area contributed by atoms with Crippen LogP contribution in [0.3, 0.4) is 0 Å². The molecule has 1 aliphatic heterocycles. The fraction of sp³-hybridized carbons (Fsp3) is 0.364. The predicted octanol–water partition coefficient (Wildman–Crippen LogP) is 3.76. The number of fused-ring (bicyclic) bond motifs is 1. The van der Waals surface area contributed by atoms with Crippen molar-refractivity contribution in [2.45, 2.75) is 26.2 Å². The summed E-state index contributed by atoms with van der Waals surface area (Å²) in [6, 6.07) is 10.1. The number of piperidine rings is 1. The average molecular weight is 374 g/mol. The van der Waals surface area contributed by atoms with Crippen LogP contribution in [-0.4, -0.2) is 41.3 Å². The fourth-order valence-corrected chi connectivity index (χ4v) is 3.68. The number of benzene rings is 1.